The third-order valence-corrected chi connectivity index (χ3v) is 2.99. The molecule has 1 heterocycles. The van der Waals surface area contributed by atoms with Crippen LogP contribution in [0.25, 0.3) is 11.3 Å². The van der Waals surface area contributed by atoms with Gasteiger partial charge >= 0.3 is 0 Å². The summed E-state index contributed by atoms with van der Waals surface area (Å²) in [5.41, 5.74) is 6.23. The molecule has 84 valence electrons. The fourth-order valence-corrected chi connectivity index (χ4v) is 1.83. The van der Waals surface area contributed by atoms with Crippen LogP contribution in [0.2, 0.25) is 0 Å². The summed E-state index contributed by atoms with van der Waals surface area (Å²) >= 11 is 0. The Labute approximate surface area is 102 Å². The largest absolute Gasteiger partial charge is 0.255 e. The molecule has 0 saturated carbocycles. The van der Waals surface area contributed by atoms with E-state index in [2.05, 4.69) is 43.1 Å². The molecule has 2 nitrogen and oxygen atoms in total. The monoisotopic (exact) mass is 222 g/mol. The van der Waals surface area contributed by atoms with Crippen LogP contribution >= 0.6 is 0 Å². The van der Waals surface area contributed by atoms with Crippen molar-refractivity contribution in [2.24, 2.45) is 0 Å². The number of aromatic nitrogens is 1. The highest BCUT2D eigenvalue weighted by atomic mass is 14.7. The predicted octanol–water partition coefficient (Wildman–Crippen LogP) is 3.55. The molecule has 2 aromatic rings. The number of pyridine rings is 1. The minimum atomic E-state index is 0.607. The van der Waals surface area contributed by atoms with Gasteiger partial charge in [-0.15, -0.1) is 0 Å². The Morgan fingerprint density at radius 3 is 2.35 bits per heavy atom. The van der Waals surface area contributed by atoms with Crippen LogP contribution in [0.4, 0.5) is 0 Å². The van der Waals surface area contributed by atoms with Crippen LogP contribution in [-0.4, -0.2) is 4.98 Å². The first-order chi connectivity index (χ1) is 8.11. The van der Waals surface area contributed by atoms with E-state index in [1.54, 1.807) is 6.20 Å². The molecular formula is C15H14N2. The van der Waals surface area contributed by atoms with Crippen LogP contribution in [0.1, 0.15) is 22.3 Å². The van der Waals surface area contributed by atoms with Gasteiger partial charge in [-0.05, 0) is 49.6 Å². The smallest absolute Gasteiger partial charge is 0.101 e. The molecule has 0 unspecified atom stereocenters. The number of aryl methyl sites for hydroxylation is 3. The highest BCUT2D eigenvalue weighted by Crippen LogP contribution is 2.23. The Morgan fingerprint density at radius 2 is 1.76 bits per heavy atom. The summed E-state index contributed by atoms with van der Waals surface area (Å²) in [4.78, 5) is 4.37. The molecular weight excluding hydrogens is 208 g/mol. The Kier molecular flexibility index (Phi) is 2.93. The second-order valence-corrected chi connectivity index (χ2v) is 4.30. The van der Waals surface area contributed by atoms with Crippen molar-refractivity contribution in [1.29, 1.82) is 5.26 Å². The standard InChI is InChI=1S/C15H14N2/c1-10-4-5-14(7-11(10)2)15-12(3)6-13(8-16)9-17-15/h4-7,9H,1-3H3. The van der Waals surface area contributed by atoms with E-state index in [4.69, 9.17) is 5.26 Å². The molecule has 0 radical (unpaired) electrons. The lowest BCUT2D eigenvalue weighted by molar-refractivity contribution is 1.24. The number of hydrogen-bond donors (Lipinski definition) is 0. The van der Waals surface area contributed by atoms with E-state index >= 15 is 0 Å². The SMILES string of the molecule is Cc1ccc(-c2ncc(C#N)cc2C)cc1C. The second-order valence-electron chi connectivity index (χ2n) is 4.30. The van der Waals surface area contributed by atoms with Gasteiger partial charge < -0.3 is 0 Å². The summed E-state index contributed by atoms with van der Waals surface area (Å²) in [6.07, 6.45) is 1.62. The van der Waals surface area contributed by atoms with Gasteiger partial charge in [-0.25, -0.2) is 0 Å². The third kappa shape index (κ3) is 2.19. The molecule has 0 aliphatic carbocycles. The molecule has 17 heavy (non-hydrogen) atoms. The summed E-state index contributed by atoms with van der Waals surface area (Å²) < 4.78 is 0. The normalized spacial score (nSPS) is 10.0. The predicted molar refractivity (Wildman–Crippen MR) is 68.6 cm³/mol. The highest BCUT2D eigenvalue weighted by molar-refractivity contribution is 5.64. The number of hydrogen-bond acceptors (Lipinski definition) is 2. The van der Waals surface area contributed by atoms with Crippen molar-refractivity contribution < 1.29 is 0 Å². The number of nitrogens with zero attached hydrogens (tertiary/aromatic N) is 2. The fraction of sp³-hybridized carbons (Fsp3) is 0.200. The topological polar surface area (TPSA) is 36.7 Å². The zero-order valence-corrected chi connectivity index (χ0v) is 10.3. The molecule has 2 heteroatoms. The summed E-state index contributed by atoms with van der Waals surface area (Å²) in [5, 5.41) is 8.81. The lowest BCUT2D eigenvalue weighted by atomic mass is 10.0. The Balaban J connectivity index is 2.54. The number of nitriles is 1. The van der Waals surface area contributed by atoms with Crippen LogP contribution in [0.5, 0.6) is 0 Å². The van der Waals surface area contributed by atoms with Gasteiger partial charge in [0, 0.05) is 11.8 Å². The van der Waals surface area contributed by atoms with Crippen molar-refractivity contribution in [3.05, 3.63) is 52.7 Å². The second kappa shape index (κ2) is 4.39. The average molecular weight is 222 g/mol. The molecule has 0 amide bonds. The maximum atomic E-state index is 8.81. The molecule has 0 spiro atoms. The van der Waals surface area contributed by atoms with Gasteiger partial charge in [0.2, 0.25) is 0 Å². The highest BCUT2D eigenvalue weighted by Gasteiger charge is 2.05. The minimum Gasteiger partial charge on any atom is -0.255 e. The van der Waals surface area contributed by atoms with Crippen LogP contribution in [0.15, 0.2) is 30.5 Å². The molecule has 0 saturated heterocycles. The third-order valence-electron chi connectivity index (χ3n) is 2.99. The van der Waals surface area contributed by atoms with E-state index in [1.807, 2.05) is 13.0 Å². The average Bonchev–Trinajstić information content (AvgIpc) is 2.32. The van der Waals surface area contributed by atoms with Gasteiger partial charge in [-0.1, -0.05) is 12.1 Å². The van der Waals surface area contributed by atoms with Crippen LogP contribution in [0, 0.1) is 32.1 Å². The summed E-state index contributed by atoms with van der Waals surface area (Å²) in [6.45, 7) is 6.17. The Bertz CT molecular complexity index is 607. The zero-order valence-electron chi connectivity index (χ0n) is 10.3. The molecule has 0 N–H and O–H groups in total. The van der Waals surface area contributed by atoms with Crippen molar-refractivity contribution in [2.45, 2.75) is 20.8 Å². The lowest BCUT2D eigenvalue weighted by Gasteiger charge is -2.07. The van der Waals surface area contributed by atoms with E-state index in [9.17, 15) is 0 Å². The first-order valence-corrected chi connectivity index (χ1v) is 5.56. The molecule has 0 bridgehead atoms. The quantitative estimate of drug-likeness (QED) is 0.739. The van der Waals surface area contributed by atoms with Gasteiger partial charge in [0.05, 0.1) is 11.3 Å². The molecule has 0 atom stereocenters. The zero-order chi connectivity index (χ0) is 12.4. The summed E-state index contributed by atoms with van der Waals surface area (Å²) in [6, 6.07) is 10.3. The van der Waals surface area contributed by atoms with E-state index in [1.165, 1.54) is 11.1 Å². The number of rotatable bonds is 1. The molecule has 0 aliphatic heterocycles. The van der Waals surface area contributed by atoms with E-state index in [0.29, 0.717) is 5.56 Å². The lowest BCUT2D eigenvalue weighted by Crippen LogP contribution is -1.91. The maximum Gasteiger partial charge on any atom is 0.101 e. The molecule has 0 aliphatic rings. The molecule has 1 aromatic carbocycles. The number of benzene rings is 1. The van der Waals surface area contributed by atoms with Crippen molar-refractivity contribution in [3.63, 3.8) is 0 Å². The first kappa shape index (κ1) is 11.3. The molecule has 1 aromatic heterocycles. The minimum absolute atomic E-state index is 0.607. The van der Waals surface area contributed by atoms with Crippen LogP contribution in [0.3, 0.4) is 0 Å². The van der Waals surface area contributed by atoms with Crippen LogP contribution < -0.4 is 0 Å². The van der Waals surface area contributed by atoms with Crippen LogP contribution in [-0.2, 0) is 0 Å². The van der Waals surface area contributed by atoms with Gasteiger partial charge in [0.25, 0.3) is 0 Å². The fourth-order valence-electron chi connectivity index (χ4n) is 1.83. The molecule has 2 rings (SSSR count). The van der Waals surface area contributed by atoms with Gasteiger partial charge in [-0.2, -0.15) is 5.26 Å². The Hall–Kier alpha value is -2.14. The maximum absolute atomic E-state index is 8.81. The summed E-state index contributed by atoms with van der Waals surface area (Å²) in [5.74, 6) is 0. The van der Waals surface area contributed by atoms with Crippen molar-refractivity contribution in [3.8, 4) is 17.3 Å². The summed E-state index contributed by atoms with van der Waals surface area (Å²) in [7, 11) is 0. The first-order valence-electron chi connectivity index (χ1n) is 5.56. The van der Waals surface area contributed by atoms with E-state index < -0.39 is 0 Å². The van der Waals surface area contributed by atoms with Gasteiger partial charge in [0.15, 0.2) is 0 Å². The van der Waals surface area contributed by atoms with E-state index in [-0.39, 0.29) is 0 Å². The van der Waals surface area contributed by atoms with Crippen molar-refractivity contribution in [1.82, 2.24) is 4.98 Å². The van der Waals surface area contributed by atoms with Crippen molar-refractivity contribution >= 4 is 0 Å². The van der Waals surface area contributed by atoms with E-state index in [0.717, 1.165) is 16.8 Å². The molecule has 0 fully saturated rings. The van der Waals surface area contributed by atoms with Crippen molar-refractivity contribution in [2.75, 3.05) is 0 Å². The Morgan fingerprint density at radius 1 is 1.00 bits per heavy atom. The van der Waals surface area contributed by atoms with Gasteiger partial charge in [0.1, 0.15) is 6.07 Å². The van der Waals surface area contributed by atoms with Gasteiger partial charge in [-0.3, -0.25) is 4.98 Å².